The molecule has 0 aliphatic carbocycles. The molecule has 0 unspecified atom stereocenters. The van der Waals surface area contributed by atoms with E-state index in [1.807, 2.05) is 0 Å². The van der Waals surface area contributed by atoms with E-state index in [-0.39, 0.29) is 10.6 Å². The van der Waals surface area contributed by atoms with Crippen molar-refractivity contribution < 1.29 is 13.3 Å². The predicted octanol–water partition coefficient (Wildman–Crippen LogP) is 1.12. The lowest BCUT2D eigenvalue weighted by molar-refractivity contribution is -0.385. The first kappa shape index (κ1) is 17.0. The number of sulfonamides is 1. The summed E-state index contributed by atoms with van der Waals surface area (Å²) in [5, 5.41) is 14.8. The lowest BCUT2D eigenvalue weighted by Crippen LogP contribution is -2.36. The highest BCUT2D eigenvalue weighted by molar-refractivity contribution is 7.89. The van der Waals surface area contributed by atoms with Gasteiger partial charge in [0.2, 0.25) is 10.0 Å². The van der Waals surface area contributed by atoms with Crippen molar-refractivity contribution in [1.29, 1.82) is 0 Å². The first-order valence-electron chi connectivity index (χ1n) is 6.95. The average Bonchev–Trinajstić information content (AvgIpc) is 2.98. The highest BCUT2D eigenvalue weighted by Crippen LogP contribution is 2.23. The van der Waals surface area contributed by atoms with Crippen LogP contribution in [-0.4, -0.2) is 34.1 Å². The highest BCUT2D eigenvalue weighted by Gasteiger charge is 2.23. The Kier molecular flexibility index (Phi) is 5.06. The lowest BCUT2D eigenvalue weighted by atomic mass is 10.1. The van der Waals surface area contributed by atoms with Crippen LogP contribution in [0.4, 0.5) is 5.69 Å². The summed E-state index contributed by atoms with van der Waals surface area (Å²) >= 11 is 0. The first-order chi connectivity index (χ1) is 10.8. The summed E-state index contributed by atoms with van der Waals surface area (Å²) in [7, 11) is -3.88. The van der Waals surface area contributed by atoms with Crippen LogP contribution in [0.3, 0.4) is 0 Å². The number of hydrogen-bond donors (Lipinski definition) is 1. The van der Waals surface area contributed by atoms with Gasteiger partial charge < -0.3 is 0 Å². The zero-order valence-electron chi connectivity index (χ0n) is 12.7. The molecule has 23 heavy (non-hydrogen) atoms. The lowest BCUT2D eigenvalue weighted by Gasteiger charge is -2.15. The smallest absolute Gasteiger partial charge is 0.258 e. The van der Waals surface area contributed by atoms with Crippen molar-refractivity contribution >= 4 is 15.7 Å². The van der Waals surface area contributed by atoms with Gasteiger partial charge in [0.15, 0.2) is 0 Å². The molecule has 124 valence electrons. The third-order valence-corrected chi connectivity index (χ3v) is 4.89. The second-order valence-electron chi connectivity index (χ2n) is 5.04. The first-order valence-corrected chi connectivity index (χ1v) is 8.44. The molecule has 0 radical (unpaired) electrons. The fourth-order valence-electron chi connectivity index (χ4n) is 2.17. The monoisotopic (exact) mass is 339 g/mol. The Morgan fingerprint density at radius 1 is 1.43 bits per heavy atom. The summed E-state index contributed by atoms with van der Waals surface area (Å²) in [4.78, 5) is 14.0. The molecule has 0 saturated heterocycles. The van der Waals surface area contributed by atoms with Crippen molar-refractivity contribution in [2.45, 2.75) is 37.8 Å². The van der Waals surface area contributed by atoms with Crippen LogP contribution in [0.5, 0.6) is 0 Å². The van der Waals surface area contributed by atoms with Gasteiger partial charge in [0.25, 0.3) is 5.69 Å². The summed E-state index contributed by atoms with van der Waals surface area (Å²) in [5.41, 5.74) is 0.266. The Balaban J connectivity index is 2.27. The van der Waals surface area contributed by atoms with Crippen LogP contribution in [-0.2, 0) is 23.0 Å². The van der Waals surface area contributed by atoms with Crippen LogP contribution in [0.2, 0.25) is 0 Å². The Morgan fingerprint density at radius 2 is 2.17 bits per heavy atom. The Labute approximate surface area is 133 Å². The van der Waals surface area contributed by atoms with E-state index < -0.39 is 21.0 Å². The fraction of sp³-hybridized carbons (Fsp3) is 0.385. The molecule has 9 nitrogen and oxygen atoms in total. The zero-order valence-corrected chi connectivity index (χ0v) is 13.5. The number of nitro benzene ring substituents is 1. The molecule has 1 aromatic heterocycles. The Morgan fingerprint density at radius 3 is 2.74 bits per heavy atom. The number of aryl methyl sites for hydroxylation is 1. The van der Waals surface area contributed by atoms with Crippen molar-refractivity contribution in [2.24, 2.45) is 0 Å². The standard InChI is InChI=1S/C13H17N5O4S/c1-3-11-4-5-12(18(19)20)6-13(11)23(21,22)16-10(2)7-17-9-14-8-15-17/h4-6,8-10,16H,3,7H2,1-2H3/t10-/m0/s1. The van der Waals surface area contributed by atoms with Gasteiger partial charge >= 0.3 is 0 Å². The molecule has 0 aliphatic heterocycles. The van der Waals surface area contributed by atoms with E-state index in [0.717, 1.165) is 6.07 Å². The summed E-state index contributed by atoms with van der Waals surface area (Å²) in [6.45, 7) is 3.77. The molecule has 1 heterocycles. The van der Waals surface area contributed by atoms with Gasteiger partial charge in [-0.1, -0.05) is 13.0 Å². The van der Waals surface area contributed by atoms with Gasteiger partial charge in [0, 0.05) is 18.2 Å². The summed E-state index contributed by atoms with van der Waals surface area (Å²) in [6.07, 6.45) is 3.29. The number of benzene rings is 1. The third kappa shape index (κ3) is 4.11. The maximum atomic E-state index is 12.5. The van der Waals surface area contributed by atoms with Gasteiger partial charge in [-0.15, -0.1) is 0 Å². The Bertz CT molecular complexity index is 789. The number of nitro groups is 1. The molecule has 0 spiro atoms. The third-order valence-electron chi connectivity index (χ3n) is 3.22. The van der Waals surface area contributed by atoms with Gasteiger partial charge in [-0.3, -0.25) is 14.8 Å². The maximum Gasteiger partial charge on any atom is 0.270 e. The van der Waals surface area contributed by atoms with Crippen LogP contribution in [0.15, 0.2) is 35.7 Å². The number of nitrogens with one attached hydrogen (secondary N) is 1. The van der Waals surface area contributed by atoms with E-state index in [9.17, 15) is 18.5 Å². The van der Waals surface area contributed by atoms with E-state index in [1.165, 1.54) is 29.5 Å². The molecule has 1 atom stereocenters. The normalized spacial score (nSPS) is 13.0. The quantitative estimate of drug-likeness (QED) is 0.596. The van der Waals surface area contributed by atoms with Crippen LogP contribution in [0.1, 0.15) is 19.4 Å². The minimum absolute atomic E-state index is 0.0698. The Hall–Kier alpha value is -2.33. The summed E-state index contributed by atoms with van der Waals surface area (Å²) in [5.74, 6) is 0. The van der Waals surface area contributed by atoms with Gasteiger partial charge in [-0.25, -0.2) is 18.1 Å². The van der Waals surface area contributed by atoms with Gasteiger partial charge in [0.1, 0.15) is 12.7 Å². The molecule has 0 fully saturated rings. The van der Waals surface area contributed by atoms with Crippen molar-refractivity contribution in [1.82, 2.24) is 19.5 Å². The van der Waals surface area contributed by atoms with Gasteiger partial charge in [0.05, 0.1) is 16.4 Å². The second-order valence-corrected chi connectivity index (χ2v) is 6.72. The molecule has 0 aliphatic rings. The van der Waals surface area contributed by atoms with Crippen molar-refractivity contribution in [3.63, 3.8) is 0 Å². The molecule has 0 saturated carbocycles. The molecule has 10 heteroatoms. The molecule has 2 aromatic rings. The van der Waals surface area contributed by atoms with Crippen LogP contribution in [0.25, 0.3) is 0 Å². The molecule has 1 aromatic carbocycles. The van der Waals surface area contributed by atoms with Crippen molar-refractivity contribution in [3.8, 4) is 0 Å². The van der Waals surface area contributed by atoms with Crippen molar-refractivity contribution in [3.05, 3.63) is 46.5 Å². The van der Waals surface area contributed by atoms with Crippen LogP contribution in [0, 0.1) is 10.1 Å². The van der Waals surface area contributed by atoms with E-state index >= 15 is 0 Å². The highest BCUT2D eigenvalue weighted by atomic mass is 32.2. The van der Waals surface area contributed by atoms with E-state index in [0.29, 0.717) is 18.5 Å². The molecular formula is C13H17N5O4S. The average molecular weight is 339 g/mol. The second kappa shape index (κ2) is 6.84. The number of hydrogen-bond acceptors (Lipinski definition) is 6. The largest absolute Gasteiger partial charge is 0.270 e. The SMILES string of the molecule is CCc1ccc([N+](=O)[O-])cc1S(=O)(=O)N[C@@H](C)Cn1cncn1. The number of non-ortho nitro benzene ring substituents is 1. The van der Waals surface area contributed by atoms with Crippen LogP contribution < -0.4 is 4.72 Å². The summed E-state index contributed by atoms with van der Waals surface area (Å²) in [6, 6.07) is 3.40. The number of rotatable bonds is 7. The van der Waals surface area contributed by atoms with E-state index in [2.05, 4.69) is 14.8 Å². The fourth-order valence-corrected chi connectivity index (χ4v) is 3.74. The number of nitrogens with zero attached hydrogens (tertiary/aromatic N) is 4. The summed E-state index contributed by atoms with van der Waals surface area (Å²) < 4.78 is 29.1. The molecule has 1 N–H and O–H groups in total. The van der Waals surface area contributed by atoms with E-state index in [1.54, 1.807) is 13.8 Å². The molecule has 2 rings (SSSR count). The van der Waals surface area contributed by atoms with Crippen LogP contribution >= 0.6 is 0 Å². The molecule has 0 amide bonds. The van der Waals surface area contributed by atoms with Gasteiger partial charge in [-0.2, -0.15) is 5.10 Å². The number of aromatic nitrogens is 3. The minimum Gasteiger partial charge on any atom is -0.258 e. The molecule has 0 bridgehead atoms. The van der Waals surface area contributed by atoms with Crippen molar-refractivity contribution in [2.75, 3.05) is 0 Å². The topological polar surface area (TPSA) is 120 Å². The maximum absolute atomic E-state index is 12.5. The van der Waals surface area contributed by atoms with Gasteiger partial charge in [-0.05, 0) is 18.9 Å². The zero-order chi connectivity index (χ0) is 17.0. The minimum atomic E-state index is -3.88. The molecular weight excluding hydrogens is 322 g/mol. The van der Waals surface area contributed by atoms with E-state index in [4.69, 9.17) is 0 Å². The predicted molar refractivity (Wildman–Crippen MR) is 82.3 cm³/mol.